The molecule has 0 atom stereocenters. The second-order valence-electron chi connectivity index (χ2n) is 7.12. The van der Waals surface area contributed by atoms with Gasteiger partial charge in [0.15, 0.2) is 5.78 Å². The quantitative estimate of drug-likeness (QED) is 0.723. The highest BCUT2D eigenvalue weighted by Gasteiger charge is 2.28. The van der Waals surface area contributed by atoms with Crippen molar-refractivity contribution >= 4 is 22.7 Å². The van der Waals surface area contributed by atoms with Crippen LogP contribution in [0.15, 0.2) is 41.3 Å². The SMILES string of the molecule is CC(=O)c1cc(C(=O)N2CCC(n3c(=O)[nH]c4ccccc43)CC2)n(C)c1. The molecule has 1 aromatic carbocycles. The van der Waals surface area contributed by atoms with E-state index in [1.807, 2.05) is 28.8 Å². The molecule has 0 bridgehead atoms. The van der Waals surface area contributed by atoms with Gasteiger partial charge in [-0.25, -0.2) is 4.79 Å². The summed E-state index contributed by atoms with van der Waals surface area (Å²) in [5, 5.41) is 0. The number of aryl methyl sites for hydroxylation is 1. The van der Waals surface area contributed by atoms with E-state index in [2.05, 4.69) is 4.98 Å². The Kier molecular flexibility index (Phi) is 4.22. The lowest BCUT2D eigenvalue weighted by Gasteiger charge is -2.32. The number of carbonyl (C=O) groups is 2. The minimum atomic E-state index is -0.102. The van der Waals surface area contributed by atoms with Gasteiger partial charge in [0, 0.05) is 37.9 Å². The van der Waals surface area contributed by atoms with Crippen LogP contribution in [0.2, 0.25) is 0 Å². The van der Waals surface area contributed by atoms with E-state index in [4.69, 9.17) is 0 Å². The molecule has 0 radical (unpaired) electrons. The summed E-state index contributed by atoms with van der Waals surface area (Å²) in [5.74, 6) is -0.128. The number of amides is 1. The lowest BCUT2D eigenvalue weighted by atomic mass is 10.0. The molecule has 27 heavy (non-hydrogen) atoms. The highest BCUT2D eigenvalue weighted by molar-refractivity contribution is 5.99. The summed E-state index contributed by atoms with van der Waals surface area (Å²) in [6, 6.07) is 9.39. The van der Waals surface area contributed by atoms with Crippen molar-refractivity contribution in [2.75, 3.05) is 13.1 Å². The highest BCUT2D eigenvalue weighted by Crippen LogP contribution is 2.26. The number of hydrogen-bond donors (Lipinski definition) is 1. The van der Waals surface area contributed by atoms with Crippen LogP contribution in [0.4, 0.5) is 0 Å². The number of Topliss-reactive ketones (excluding diaryl/α,β-unsaturated/α-hetero) is 1. The first-order valence-corrected chi connectivity index (χ1v) is 9.11. The van der Waals surface area contributed by atoms with Crippen LogP contribution in [0, 0.1) is 0 Å². The number of imidazole rings is 1. The van der Waals surface area contributed by atoms with Gasteiger partial charge in [-0.1, -0.05) is 12.1 Å². The Bertz CT molecular complexity index is 1080. The number of H-pyrrole nitrogens is 1. The molecule has 1 N–H and O–H groups in total. The Morgan fingerprint density at radius 2 is 1.85 bits per heavy atom. The monoisotopic (exact) mass is 366 g/mol. The van der Waals surface area contributed by atoms with Crippen LogP contribution in [-0.2, 0) is 7.05 Å². The molecule has 4 rings (SSSR count). The Hall–Kier alpha value is -3.09. The second-order valence-corrected chi connectivity index (χ2v) is 7.12. The first-order valence-electron chi connectivity index (χ1n) is 9.11. The van der Waals surface area contributed by atoms with Gasteiger partial charge < -0.3 is 14.5 Å². The van der Waals surface area contributed by atoms with E-state index >= 15 is 0 Å². The summed E-state index contributed by atoms with van der Waals surface area (Å²) in [7, 11) is 1.78. The number of nitrogens with zero attached hydrogens (tertiary/aromatic N) is 3. The van der Waals surface area contributed by atoms with Crippen LogP contribution >= 0.6 is 0 Å². The summed E-state index contributed by atoms with van der Waals surface area (Å²) in [5.41, 5.74) is 2.70. The average Bonchev–Trinajstić information content (AvgIpc) is 3.21. The minimum absolute atomic E-state index is 0.0536. The maximum absolute atomic E-state index is 12.8. The number of benzene rings is 1. The van der Waals surface area contributed by atoms with E-state index in [9.17, 15) is 14.4 Å². The number of piperidine rings is 1. The fourth-order valence-corrected chi connectivity index (χ4v) is 3.90. The van der Waals surface area contributed by atoms with Crippen molar-refractivity contribution in [3.63, 3.8) is 0 Å². The number of ketones is 1. The van der Waals surface area contributed by atoms with Gasteiger partial charge in [-0.3, -0.25) is 14.2 Å². The number of para-hydroxylation sites is 2. The van der Waals surface area contributed by atoms with Gasteiger partial charge >= 0.3 is 5.69 Å². The van der Waals surface area contributed by atoms with Gasteiger partial charge in [-0.15, -0.1) is 0 Å². The zero-order chi connectivity index (χ0) is 19.1. The van der Waals surface area contributed by atoms with E-state index in [1.54, 1.807) is 28.8 Å². The normalized spacial score (nSPS) is 15.4. The maximum Gasteiger partial charge on any atom is 0.326 e. The topological polar surface area (TPSA) is 80.1 Å². The molecule has 2 aromatic heterocycles. The molecule has 3 heterocycles. The molecule has 7 nitrogen and oxygen atoms in total. The van der Waals surface area contributed by atoms with E-state index in [-0.39, 0.29) is 23.4 Å². The van der Waals surface area contributed by atoms with E-state index in [1.165, 1.54) is 6.92 Å². The standard InChI is InChI=1S/C20H22N4O3/c1-13(25)14-11-18(22(2)12-14)19(26)23-9-7-15(8-10-23)24-17-6-4-3-5-16(17)21-20(24)27/h3-6,11-12,15H,7-10H2,1-2H3,(H,21,27). The smallest absolute Gasteiger partial charge is 0.326 e. The third-order valence-corrected chi connectivity index (χ3v) is 5.37. The Morgan fingerprint density at radius 3 is 2.52 bits per heavy atom. The van der Waals surface area contributed by atoms with Crippen molar-refractivity contribution in [1.29, 1.82) is 0 Å². The van der Waals surface area contributed by atoms with Crippen LogP contribution in [0.5, 0.6) is 0 Å². The van der Waals surface area contributed by atoms with Gasteiger partial charge in [0.1, 0.15) is 5.69 Å². The number of rotatable bonds is 3. The van der Waals surface area contributed by atoms with E-state index in [0.717, 1.165) is 23.9 Å². The molecule has 140 valence electrons. The number of aromatic nitrogens is 3. The third kappa shape index (κ3) is 2.99. The molecule has 0 saturated carbocycles. The van der Waals surface area contributed by atoms with Gasteiger partial charge in [0.2, 0.25) is 0 Å². The van der Waals surface area contributed by atoms with Gasteiger partial charge in [-0.2, -0.15) is 0 Å². The molecule has 1 aliphatic heterocycles. The van der Waals surface area contributed by atoms with Crippen LogP contribution < -0.4 is 5.69 Å². The van der Waals surface area contributed by atoms with Crippen molar-refractivity contribution < 1.29 is 9.59 Å². The molecular weight excluding hydrogens is 344 g/mol. The minimum Gasteiger partial charge on any atom is -0.346 e. The number of fused-ring (bicyclic) bond motifs is 1. The zero-order valence-electron chi connectivity index (χ0n) is 15.4. The van der Waals surface area contributed by atoms with Crippen molar-refractivity contribution in [2.45, 2.75) is 25.8 Å². The zero-order valence-corrected chi connectivity index (χ0v) is 15.4. The number of hydrogen-bond acceptors (Lipinski definition) is 3. The maximum atomic E-state index is 12.8. The molecule has 7 heteroatoms. The summed E-state index contributed by atoms with van der Waals surface area (Å²) in [6.07, 6.45) is 3.13. The largest absolute Gasteiger partial charge is 0.346 e. The van der Waals surface area contributed by atoms with Crippen molar-refractivity contribution in [3.05, 3.63) is 58.3 Å². The van der Waals surface area contributed by atoms with E-state index in [0.29, 0.717) is 24.3 Å². The number of aromatic amines is 1. The molecule has 1 amide bonds. The Balaban J connectivity index is 1.52. The summed E-state index contributed by atoms with van der Waals surface area (Å²) in [6.45, 7) is 2.65. The molecule has 0 unspecified atom stereocenters. The molecule has 3 aromatic rings. The fraction of sp³-hybridized carbons (Fsp3) is 0.350. The van der Waals surface area contributed by atoms with Gasteiger partial charge in [0.05, 0.1) is 11.0 Å². The van der Waals surface area contributed by atoms with Crippen LogP contribution in [-0.4, -0.2) is 43.8 Å². The van der Waals surface area contributed by atoms with Crippen LogP contribution in [0.25, 0.3) is 11.0 Å². The molecular formula is C20H22N4O3. The highest BCUT2D eigenvalue weighted by atomic mass is 16.2. The number of nitrogens with one attached hydrogen (secondary N) is 1. The van der Waals surface area contributed by atoms with Crippen molar-refractivity contribution in [3.8, 4) is 0 Å². The summed E-state index contributed by atoms with van der Waals surface area (Å²) < 4.78 is 3.52. The average molecular weight is 366 g/mol. The van der Waals surface area contributed by atoms with Crippen molar-refractivity contribution in [2.24, 2.45) is 7.05 Å². The van der Waals surface area contributed by atoms with Crippen LogP contribution in [0.3, 0.4) is 0 Å². The molecule has 1 aliphatic rings. The predicted molar refractivity (Wildman–Crippen MR) is 102 cm³/mol. The lowest BCUT2D eigenvalue weighted by molar-refractivity contribution is 0.0685. The van der Waals surface area contributed by atoms with Crippen molar-refractivity contribution in [1.82, 2.24) is 19.0 Å². The summed E-state index contributed by atoms with van der Waals surface area (Å²) >= 11 is 0. The molecule has 0 aliphatic carbocycles. The molecule has 1 saturated heterocycles. The Labute approximate surface area is 156 Å². The first-order chi connectivity index (χ1) is 13.0. The van der Waals surface area contributed by atoms with Gasteiger partial charge in [-0.05, 0) is 38.0 Å². The number of likely N-dealkylation sites (tertiary alicyclic amines) is 1. The van der Waals surface area contributed by atoms with Gasteiger partial charge in [0.25, 0.3) is 5.91 Å². The van der Waals surface area contributed by atoms with E-state index < -0.39 is 0 Å². The first kappa shape index (κ1) is 17.3. The third-order valence-electron chi connectivity index (χ3n) is 5.37. The molecule has 1 fully saturated rings. The Morgan fingerprint density at radius 1 is 1.15 bits per heavy atom. The summed E-state index contributed by atoms with van der Waals surface area (Å²) in [4.78, 5) is 41.5. The lowest BCUT2D eigenvalue weighted by Crippen LogP contribution is -2.41. The van der Waals surface area contributed by atoms with Crippen LogP contribution in [0.1, 0.15) is 46.7 Å². The number of carbonyl (C=O) groups excluding carboxylic acids is 2. The predicted octanol–water partition coefficient (Wildman–Crippen LogP) is 2.35. The molecule has 0 spiro atoms. The fourth-order valence-electron chi connectivity index (χ4n) is 3.90. The second kappa shape index (κ2) is 6.57.